The van der Waals surface area contributed by atoms with E-state index in [-0.39, 0.29) is 5.78 Å². The molecule has 0 saturated carbocycles. The molecule has 0 spiro atoms. The monoisotopic (exact) mass is 349 g/mol. The zero-order chi connectivity index (χ0) is 15.4. The molecule has 1 heterocycles. The highest BCUT2D eigenvalue weighted by Crippen LogP contribution is 2.21. The number of hydrogen-bond acceptors (Lipinski definition) is 3. The molecule has 0 aliphatic carbocycles. The number of esters is 1. The number of rotatable bonds is 5. The topological polar surface area (TPSA) is 48.3 Å². The number of hydrogen-bond donors (Lipinski definition) is 0. The van der Waals surface area contributed by atoms with Crippen molar-refractivity contribution >= 4 is 27.7 Å². The van der Waals surface area contributed by atoms with Gasteiger partial charge in [-0.05, 0) is 18.6 Å². The van der Waals surface area contributed by atoms with Crippen molar-refractivity contribution in [2.45, 2.75) is 12.3 Å². The van der Waals surface area contributed by atoms with Crippen molar-refractivity contribution in [3.05, 3.63) is 58.9 Å². The maximum absolute atomic E-state index is 12.5. The quantitative estimate of drug-likeness (QED) is 0.472. The molecule has 0 bridgehead atoms. The van der Waals surface area contributed by atoms with Gasteiger partial charge in [0.15, 0.2) is 0 Å². The Morgan fingerprint density at radius 2 is 1.90 bits per heavy atom. The second-order valence-corrected chi connectivity index (χ2v) is 5.07. The SMILES string of the molecule is CCOC(=O)c1c(CBr)cc(C(=O)c2ccccc2)n1C. The second-order valence-electron chi connectivity index (χ2n) is 4.51. The Hall–Kier alpha value is -1.88. The highest BCUT2D eigenvalue weighted by molar-refractivity contribution is 9.08. The van der Waals surface area contributed by atoms with Crippen LogP contribution in [0, 0.1) is 0 Å². The number of alkyl halides is 1. The van der Waals surface area contributed by atoms with Gasteiger partial charge >= 0.3 is 5.97 Å². The van der Waals surface area contributed by atoms with Gasteiger partial charge in [-0.15, -0.1) is 0 Å². The summed E-state index contributed by atoms with van der Waals surface area (Å²) in [6, 6.07) is 10.7. The fourth-order valence-corrected chi connectivity index (χ4v) is 2.62. The van der Waals surface area contributed by atoms with Gasteiger partial charge in [0, 0.05) is 17.9 Å². The summed E-state index contributed by atoms with van der Waals surface area (Å²) < 4.78 is 6.66. The van der Waals surface area contributed by atoms with Crippen molar-refractivity contribution in [2.24, 2.45) is 7.05 Å². The summed E-state index contributed by atoms with van der Waals surface area (Å²) in [6.07, 6.45) is 0. The van der Waals surface area contributed by atoms with Crippen LogP contribution in [-0.4, -0.2) is 22.9 Å². The Morgan fingerprint density at radius 3 is 2.48 bits per heavy atom. The van der Waals surface area contributed by atoms with Gasteiger partial charge in [0.1, 0.15) is 5.69 Å². The molecule has 0 atom stereocenters. The van der Waals surface area contributed by atoms with E-state index in [1.54, 1.807) is 36.7 Å². The summed E-state index contributed by atoms with van der Waals surface area (Å²) in [5.41, 5.74) is 2.22. The lowest BCUT2D eigenvalue weighted by molar-refractivity contribution is 0.0514. The smallest absolute Gasteiger partial charge is 0.355 e. The number of halogens is 1. The Kier molecular flexibility index (Phi) is 4.96. The summed E-state index contributed by atoms with van der Waals surface area (Å²) >= 11 is 3.35. The van der Waals surface area contributed by atoms with Gasteiger partial charge in [0.2, 0.25) is 5.78 Å². The molecule has 0 aliphatic heterocycles. The first kappa shape index (κ1) is 15.5. The minimum Gasteiger partial charge on any atom is -0.461 e. The highest BCUT2D eigenvalue weighted by atomic mass is 79.9. The standard InChI is InChI=1S/C16H16BrNO3/c1-3-21-16(20)14-12(10-17)9-13(18(14)2)15(19)11-7-5-4-6-8-11/h4-9H,3,10H2,1-2H3. The molecule has 5 heteroatoms. The molecule has 0 saturated heterocycles. The van der Waals surface area contributed by atoms with Crippen molar-refractivity contribution in [3.8, 4) is 0 Å². The third-order valence-corrected chi connectivity index (χ3v) is 3.80. The molecule has 1 aromatic carbocycles. The first-order valence-electron chi connectivity index (χ1n) is 6.61. The minimum atomic E-state index is -0.415. The molecule has 21 heavy (non-hydrogen) atoms. The Labute approximate surface area is 131 Å². The number of carbonyl (C=O) groups excluding carboxylic acids is 2. The third kappa shape index (κ3) is 3.08. The molecule has 0 unspecified atom stereocenters. The zero-order valence-electron chi connectivity index (χ0n) is 11.9. The summed E-state index contributed by atoms with van der Waals surface area (Å²) in [4.78, 5) is 24.6. The first-order chi connectivity index (χ1) is 10.1. The Morgan fingerprint density at radius 1 is 1.24 bits per heavy atom. The van der Waals surface area contributed by atoms with E-state index in [0.717, 1.165) is 5.56 Å². The second kappa shape index (κ2) is 6.72. The molecule has 4 nitrogen and oxygen atoms in total. The van der Waals surface area contributed by atoms with Crippen LogP contribution in [0.2, 0.25) is 0 Å². The molecule has 110 valence electrons. The zero-order valence-corrected chi connectivity index (χ0v) is 13.5. The van der Waals surface area contributed by atoms with E-state index in [1.165, 1.54) is 0 Å². The lowest BCUT2D eigenvalue weighted by Gasteiger charge is -2.07. The summed E-state index contributed by atoms with van der Waals surface area (Å²) in [6.45, 7) is 2.05. The molecule has 0 fully saturated rings. The predicted octanol–water partition coefficient (Wildman–Crippen LogP) is 3.33. The van der Waals surface area contributed by atoms with Crippen LogP contribution >= 0.6 is 15.9 Å². The number of nitrogens with zero attached hydrogens (tertiary/aromatic N) is 1. The molecular formula is C16H16BrNO3. The third-order valence-electron chi connectivity index (χ3n) is 3.19. The summed E-state index contributed by atoms with van der Waals surface area (Å²) in [5.74, 6) is -0.530. The molecule has 0 N–H and O–H groups in total. The van der Waals surface area contributed by atoms with E-state index in [2.05, 4.69) is 15.9 Å². The van der Waals surface area contributed by atoms with Gasteiger partial charge < -0.3 is 9.30 Å². The highest BCUT2D eigenvalue weighted by Gasteiger charge is 2.23. The molecule has 0 aliphatic rings. The van der Waals surface area contributed by atoms with Crippen LogP contribution in [0.3, 0.4) is 0 Å². The van der Waals surface area contributed by atoms with Gasteiger partial charge in [0.05, 0.1) is 12.3 Å². The van der Waals surface area contributed by atoms with E-state index in [9.17, 15) is 9.59 Å². The van der Waals surface area contributed by atoms with Crippen molar-refractivity contribution in [3.63, 3.8) is 0 Å². The van der Waals surface area contributed by atoms with Crippen LogP contribution in [0.4, 0.5) is 0 Å². The number of benzene rings is 1. The first-order valence-corrected chi connectivity index (χ1v) is 7.73. The molecule has 2 aromatic rings. The average Bonchev–Trinajstić information content (AvgIpc) is 2.84. The number of ether oxygens (including phenoxy) is 1. The Bertz CT molecular complexity index is 662. The van der Waals surface area contributed by atoms with Crippen molar-refractivity contribution in [1.82, 2.24) is 4.57 Å². The van der Waals surface area contributed by atoms with Crippen LogP contribution in [0.25, 0.3) is 0 Å². The van der Waals surface area contributed by atoms with Crippen molar-refractivity contribution < 1.29 is 14.3 Å². The summed E-state index contributed by atoms with van der Waals surface area (Å²) in [7, 11) is 1.70. The van der Waals surface area contributed by atoms with Crippen molar-refractivity contribution in [2.75, 3.05) is 6.61 Å². The lowest BCUT2D eigenvalue weighted by atomic mass is 10.1. The Balaban J connectivity index is 2.47. The van der Waals surface area contributed by atoms with Gasteiger partial charge in [-0.2, -0.15) is 0 Å². The van der Waals surface area contributed by atoms with Crippen LogP contribution < -0.4 is 0 Å². The van der Waals surface area contributed by atoms with Gasteiger partial charge in [-0.3, -0.25) is 4.79 Å². The fraction of sp³-hybridized carbons (Fsp3) is 0.250. The summed E-state index contributed by atoms with van der Waals surface area (Å²) in [5, 5.41) is 0.483. The van der Waals surface area contributed by atoms with Crippen LogP contribution in [0.1, 0.15) is 39.0 Å². The van der Waals surface area contributed by atoms with E-state index in [1.807, 2.05) is 18.2 Å². The van der Waals surface area contributed by atoms with Crippen LogP contribution in [0.15, 0.2) is 36.4 Å². The maximum atomic E-state index is 12.5. The lowest BCUT2D eigenvalue weighted by Crippen LogP contribution is -2.15. The molecule has 0 amide bonds. The van der Waals surface area contributed by atoms with E-state index in [4.69, 9.17) is 4.74 Å². The fourth-order valence-electron chi connectivity index (χ4n) is 2.19. The molecular weight excluding hydrogens is 334 g/mol. The average molecular weight is 350 g/mol. The molecule has 0 radical (unpaired) electrons. The van der Waals surface area contributed by atoms with Crippen LogP contribution in [-0.2, 0) is 17.1 Å². The van der Waals surface area contributed by atoms with Crippen LogP contribution in [0.5, 0.6) is 0 Å². The number of carbonyl (C=O) groups is 2. The van der Waals surface area contributed by atoms with E-state index >= 15 is 0 Å². The molecule has 2 rings (SSSR count). The van der Waals surface area contributed by atoms with E-state index < -0.39 is 5.97 Å². The maximum Gasteiger partial charge on any atom is 0.355 e. The normalized spacial score (nSPS) is 10.4. The minimum absolute atomic E-state index is 0.115. The number of aromatic nitrogens is 1. The van der Waals surface area contributed by atoms with Gasteiger partial charge in [0.25, 0.3) is 0 Å². The molecule has 1 aromatic heterocycles. The number of ketones is 1. The predicted molar refractivity (Wildman–Crippen MR) is 83.9 cm³/mol. The van der Waals surface area contributed by atoms with Gasteiger partial charge in [-0.1, -0.05) is 46.3 Å². The van der Waals surface area contributed by atoms with E-state index in [0.29, 0.717) is 28.9 Å². The largest absolute Gasteiger partial charge is 0.461 e. The van der Waals surface area contributed by atoms with Crippen molar-refractivity contribution in [1.29, 1.82) is 0 Å². The van der Waals surface area contributed by atoms with Gasteiger partial charge in [-0.25, -0.2) is 4.79 Å².